The third-order valence-electron chi connectivity index (χ3n) is 2.87. The van der Waals surface area contributed by atoms with Gasteiger partial charge in [0.05, 0.1) is 11.7 Å². The molecule has 0 aromatic heterocycles. The molecule has 2 aromatic rings. The zero-order valence-corrected chi connectivity index (χ0v) is 10.6. The monoisotopic (exact) mass is 281 g/mol. The quantitative estimate of drug-likeness (QED) is 0.892. The van der Waals surface area contributed by atoms with E-state index in [1.54, 1.807) is 24.3 Å². The highest BCUT2D eigenvalue weighted by molar-refractivity contribution is 5.46. The van der Waals surface area contributed by atoms with E-state index in [0.29, 0.717) is 11.3 Å². The number of nitrogens with one attached hydrogen (secondary N) is 1. The van der Waals surface area contributed by atoms with Crippen LogP contribution in [-0.2, 0) is 6.18 Å². The summed E-state index contributed by atoms with van der Waals surface area (Å²) in [5.74, 6) is 0. The summed E-state index contributed by atoms with van der Waals surface area (Å²) in [7, 11) is 0. The molecule has 0 saturated carbocycles. The number of halogens is 3. The summed E-state index contributed by atoms with van der Waals surface area (Å²) in [5.41, 5.74) is 0.332. The average Bonchev–Trinajstić information content (AvgIpc) is 2.45. The number of anilines is 1. The summed E-state index contributed by atoms with van der Waals surface area (Å²) in [6.45, 7) is 0.144. The summed E-state index contributed by atoms with van der Waals surface area (Å²) in [6, 6.07) is 13.8. The Labute approximate surface area is 114 Å². The van der Waals surface area contributed by atoms with Crippen LogP contribution in [0.1, 0.15) is 17.2 Å². The van der Waals surface area contributed by atoms with Gasteiger partial charge in [-0.15, -0.1) is 0 Å². The lowest BCUT2D eigenvalue weighted by atomic mass is 10.1. The van der Waals surface area contributed by atoms with Crippen molar-refractivity contribution in [3.63, 3.8) is 0 Å². The van der Waals surface area contributed by atoms with Gasteiger partial charge in [0.1, 0.15) is 0 Å². The van der Waals surface area contributed by atoms with Crippen molar-refractivity contribution in [3.8, 4) is 0 Å². The molecule has 0 aliphatic carbocycles. The van der Waals surface area contributed by atoms with Crippen molar-refractivity contribution in [1.82, 2.24) is 0 Å². The zero-order valence-electron chi connectivity index (χ0n) is 10.6. The Balaban J connectivity index is 2.01. The van der Waals surface area contributed by atoms with Crippen LogP contribution in [-0.4, -0.2) is 11.7 Å². The van der Waals surface area contributed by atoms with E-state index in [4.69, 9.17) is 0 Å². The maximum absolute atomic E-state index is 12.6. The van der Waals surface area contributed by atoms with Crippen LogP contribution in [0, 0.1) is 0 Å². The first-order chi connectivity index (χ1) is 9.47. The van der Waals surface area contributed by atoms with E-state index in [2.05, 4.69) is 5.32 Å². The van der Waals surface area contributed by atoms with Gasteiger partial charge >= 0.3 is 6.18 Å². The van der Waals surface area contributed by atoms with E-state index in [0.717, 1.165) is 12.1 Å². The maximum Gasteiger partial charge on any atom is 0.416 e. The molecule has 0 bridgehead atoms. The number of aliphatic hydroxyl groups is 1. The molecule has 2 aromatic carbocycles. The van der Waals surface area contributed by atoms with Gasteiger partial charge < -0.3 is 10.4 Å². The van der Waals surface area contributed by atoms with Crippen LogP contribution in [0.3, 0.4) is 0 Å². The van der Waals surface area contributed by atoms with Crippen molar-refractivity contribution in [2.75, 3.05) is 11.9 Å². The molecule has 1 atom stereocenters. The van der Waals surface area contributed by atoms with Gasteiger partial charge in [-0.2, -0.15) is 13.2 Å². The maximum atomic E-state index is 12.6. The third-order valence-corrected chi connectivity index (χ3v) is 2.87. The van der Waals surface area contributed by atoms with Gasteiger partial charge in [-0.3, -0.25) is 0 Å². The zero-order chi connectivity index (χ0) is 14.6. The van der Waals surface area contributed by atoms with Gasteiger partial charge in [-0.05, 0) is 23.8 Å². The van der Waals surface area contributed by atoms with Crippen LogP contribution in [0.5, 0.6) is 0 Å². The number of benzene rings is 2. The largest absolute Gasteiger partial charge is 0.416 e. The smallest absolute Gasteiger partial charge is 0.387 e. The molecule has 0 heterocycles. The Hall–Kier alpha value is -2.01. The molecule has 2 N–H and O–H groups in total. The van der Waals surface area contributed by atoms with Gasteiger partial charge in [0.15, 0.2) is 0 Å². The number of aliphatic hydroxyl groups excluding tert-OH is 1. The third kappa shape index (κ3) is 3.74. The fraction of sp³-hybridized carbons (Fsp3) is 0.200. The van der Waals surface area contributed by atoms with Crippen LogP contribution >= 0.6 is 0 Å². The van der Waals surface area contributed by atoms with Crippen molar-refractivity contribution >= 4 is 5.69 Å². The van der Waals surface area contributed by atoms with Crippen LogP contribution < -0.4 is 5.32 Å². The van der Waals surface area contributed by atoms with E-state index < -0.39 is 17.8 Å². The summed E-state index contributed by atoms with van der Waals surface area (Å²) >= 11 is 0. The lowest BCUT2D eigenvalue weighted by Gasteiger charge is -2.14. The van der Waals surface area contributed by atoms with Crippen LogP contribution in [0.2, 0.25) is 0 Å². The Morgan fingerprint density at radius 2 is 1.70 bits per heavy atom. The molecule has 0 aliphatic rings. The minimum atomic E-state index is -4.37. The molecule has 0 spiro atoms. The topological polar surface area (TPSA) is 32.3 Å². The Bertz CT molecular complexity index is 555. The first kappa shape index (κ1) is 14.4. The molecule has 0 saturated heterocycles. The van der Waals surface area contributed by atoms with Gasteiger partial charge in [-0.25, -0.2) is 0 Å². The SMILES string of the molecule is OC(CNc1cccc(C(F)(F)F)c1)c1ccccc1. The first-order valence-electron chi connectivity index (χ1n) is 6.11. The normalized spacial score (nSPS) is 13.0. The molecule has 0 fully saturated rings. The van der Waals surface area contributed by atoms with E-state index in [9.17, 15) is 18.3 Å². The highest BCUT2D eigenvalue weighted by Gasteiger charge is 2.30. The predicted octanol–water partition coefficient (Wildman–Crippen LogP) is 3.85. The molecule has 1 unspecified atom stereocenters. The number of rotatable bonds is 4. The lowest BCUT2D eigenvalue weighted by Crippen LogP contribution is -2.13. The van der Waals surface area contributed by atoms with Crippen molar-refractivity contribution in [2.24, 2.45) is 0 Å². The van der Waals surface area contributed by atoms with Crippen molar-refractivity contribution in [1.29, 1.82) is 0 Å². The molecule has 20 heavy (non-hydrogen) atoms. The summed E-state index contributed by atoms with van der Waals surface area (Å²) < 4.78 is 37.7. The Morgan fingerprint density at radius 3 is 2.35 bits per heavy atom. The second kappa shape index (κ2) is 5.96. The van der Waals surface area contributed by atoms with Gasteiger partial charge in [-0.1, -0.05) is 36.4 Å². The van der Waals surface area contributed by atoms with Crippen LogP contribution in [0.25, 0.3) is 0 Å². The Kier molecular flexibility index (Phi) is 4.29. The van der Waals surface area contributed by atoms with Gasteiger partial charge in [0.2, 0.25) is 0 Å². The highest BCUT2D eigenvalue weighted by Crippen LogP contribution is 2.30. The average molecular weight is 281 g/mol. The van der Waals surface area contributed by atoms with Crippen molar-refractivity contribution < 1.29 is 18.3 Å². The summed E-state index contributed by atoms with van der Waals surface area (Å²) in [6.07, 6.45) is -5.14. The number of hydrogen-bond acceptors (Lipinski definition) is 2. The Morgan fingerprint density at radius 1 is 1.00 bits per heavy atom. The number of hydrogen-bond donors (Lipinski definition) is 2. The van der Waals surface area contributed by atoms with Gasteiger partial charge in [0, 0.05) is 12.2 Å². The highest BCUT2D eigenvalue weighted by atomic mass is 19.4. The van der Waals surface area contributed by atoms with E-state index in [-0.39, 0.29) is 6.54 Å². The van der Waals surface area contributed by atoms with Crippen molar-refractivity contribution in [2.45, 2.75) is 12.3 Å². The molecule has 2 rings (SSSR count). The summed E-state index contributed by atoms with van der Waals surface area (Å²) in [5, 5.41) is 12.7. The standard InChI is InChI=1S/C15H14F3NO/c16-15(17,18)12-7-4-8-13(9-12)19-10-14(20)11-5-2-1-3-6-11/h1-9,14,19-20H,10H2. The van der Waals surface area contributed by atoms with E-state index in [1.807, 2.05) is 6.07 Å². The number of alkyl halides is 3. The van der Waals surface area contributed by atoms with E-state index in [1.165, 1.54) is 12.1 Å². The van der Waals surface area contributed by atoms with Crippen LogP contribution in [0.15, 0.2) is 54.6 Å². The first-order valence-corrected chi connectivity index (χ1v) is 6.11. The van der Waals surface area contributed by atoms with E-state index >= 15 is 0 Å². The second-order valence-electron chi connectivity index (χ2n) is 4.39. The minimum Gasteiger partial charge on any atom is -0.387 e. The lowest BCUT2D eigenvalue weighted by molar-refractivity contribution is -0.137. The summed E-state index contributed by atoms with van der Waals surface area (Å²) in [4.78, 5) is 0. The molecular weight excluding hydrogens is 267 g/mol. The molecular formula is C15H14F3NO. The van der Waals surface area contributed by atoms with Gasteiger partial charge in [0.25, 0.3) is 0 Å². The molecule has 0 aliphatic heterocycles. The molecule has 2 nitrogen and oxygen atoms in total. The van der Waals surface area contributed by atoms with Crippen molar-refractivity contribution in [3.05, 3.63) is 65.7 Å². The molecule has 5 heteroatoms. The molecule has 106 valence electrons. The molecule has 0 radical (unpaired) electrons. The molecule has 0 amide bonds. The minimum absolute atomic E-state index is 0.144. The fourth-order valence-corrected chi connectivity index (χ4v) is 1.81. The fourth-order valence-electron chi connectivity index (χ4n) is 1.81. The van der Waals surface area contributed by atoms with Crippen LogP contribution in [0.4, 0.5) is 18.9 Å². The predicted molar refractivity (Wildman–Crippen MR) is 71.3 cm³/mol. The second-order valence-corrected chi connectivity index (χ2v) is 4.39.